The van der Waals surface area contributed by atoms with Crippen LogP contribution in [0.25, 0.3) is 0 Å². The molecule has 1 aliphatic rings. The molecule has 0 aromatic heterocycles. The first-order chi connectivity index (χ1) is 15.1. The van der Waals surface area contributed by atoms with Gasteiger partial charge in [0.2, 0.25) is 0 Å². The summed E-state index contributed by atoms with van der Waals surface area (Å²) in [6, 6.07) is 24.5. The van der Waals surface area contributed by atoms with Crippen molar-refractivity contribution in [3.63, 3.8) is 0 Å². The van der Waals surface area contributed by atoms with Crippen molar-refractivity contribution in [3.05, 3.63) is 96.1 Å². The molecule has 0 saturated carbocycles. The smallest absolute Gasteiger partial charge is 0.275 e. The fourth-order valence-corrected chi connectivity index (χ4v) is 3.38. The lowest BCUT2D eigenvalue weighted by atomic mass is 9.92. The second-order valence-electron chi connectivity index (χ2n) is 6.98. The molecule has 4 rings (SSSR count). The van der Waals surface area contributed by atoms with Gasteiger partial charge in [-0.15, -0.1) is 0 Å². The van der Waals surface area contributed by atoms with Crippen LogP contribution in [0.3, 0.4) is 0 Å². The molecule has 0 bridgehead atoms. The number of hydrazone groups is 2. The van der Waals surface area contributed by atoms with Gasteiger partial charge in [0.1, 0.15) is 11.7 Å². The molecule has 3 aromatic rings. The predicted octanol–water partition coefficient (Wildman–Crippen LogP) is 3.57. The summed E-state index contributed by atoms with van der Waals surface area (Å²) in [4.78, 5) is 25.8. The number of aromatic hydroxyl groups is 1. The topological polar surface area (TPSA) is 94.4 Å². The first-order valence-corrected chi connectivity index (χ1v) is 9.71. The van der Waals surface area contributed by atoms with E-state index in [-0.39, 0.29) is 17.2 Å². The van der Waals surface area contributed by atoms with Gasteiger partial charge >= 0.3 is 0 Å². The van der Waals surface area contributed by atoms with Crippen LogP contribution >= 0.6 is 0 Å². The van der Waals surface area contributed by atoms with Gasteiger partial charge in [-0.25, -0.2) is 5.43 Å². The molecule has 0 fully saturated rings. The highest BCUT2D eigenvalue weighted by molar-refractivity contribution is 6.32. The number of nitrogens with one attached hydrogen (secondary N) is 1. The lowest BCUT2D eigenvalue weighted by Crippen LogP contribution is -2.35. The largest absolute Gasteiger partial charge is 0.507 e. The Hall–Kier alpha value is -4.26. The number of carbonyl (C=O) groups excluding carboxylic acids is 2. The van der Waals surface area contributed by atoms with Crippen molar-refractivity contribution < 1.29 is 14.7 Å². The average molecular weight is 412 g/mol. The van der Waals surface area contributed by atoms with Gasteiger partial charge in [0.15, 0.2) is 0 Å². The second kappa shape index (κ2) is 8.62. The Labute approximate surface area is 179 Å². The molecule has 1 heterocycles. The molecule has 0 saturated heterocycles. The monoisotopic (exact) mass is 412 g/mol. The molecule has 0 spiro atoms. The van der Waals surface area contributed by atoms with E-state index in [0.717, 1.165) is 0 Å². The highest BCUT2D eigenvalue weighted by Crippen LogP contribution is 2.26. The zero-order valence-electron chi connectivity index (χ0n) is 16.8. The lowest BCUT2D eigenvalue weighted by molar-refractivity contribution is -0.118. The van der Waals surface area contributed by atoms with Gasteiger partial charge in [-0.3, -0.25) is 9.59 Å². The number of hydrogen-bond acceptors (Lipinski definition) is 5. The van der Waals surface area contributed by atoms with Gasteiger partial charge in [0, 0.05) is 0 Å². The zero-order valence-corrected chi connectivity index (χ0v) is 16.8. The zero-order chi connectivity index (χ0) is 21.8. The fourth-order valence-electron chi connectivity index (χ4n) is 3.38. The van der Waals surface area contributed by atoms with E-state index in [1.807, 2.05) is 48.5 Å². The van der Waals surface area contributed by atoms with Crippen molar-refractivity contribution in [1.29, 1.82) is 0 Å². The molecule has 2 N–H and O–H groups in total. The van der Waals surface area contributed by atoms with E-state index in [2.05, 4.69) is 15.6 Å². The Morgan fingerprint density at radius 2 is 1.58 bits per heavy atom. The van der Waals surface area contributed by atoms with E-state index in [0.29, 0.717) is 22.7 Å². The summed E-state index contributed by atoms with van der Waals surface area (Å²) in [5.74, 6) is -1.75. The van der Waals surface area contributed by atoms with Gasteiger partial charge < -0.3 is 5.11 Å². The Balaban J connectivity index is 1.69. The third-order valence-electron chi connectivity index (χ3n) is 4.90. The number of nitrogens with zero attached hydrogens (tertiary/aromatic N) is 3. The van der Waals surface area contributed by atoms with Crippen LogP contribution in [0.15, 0.2) is 95.1 Å². The van der Waals surface area contributed by atoms with E-state index < -0.39 is 11.8 Å². The molecule has 1 aliphatic heterocycles. The molecule has 2 amide bonds. The van der Waals surface area contributed by atoms with Gasteiger partial charge in [-0.2, -0.15) is 15.2 Å². The van der Waals surface area contributed by atoms with Gasteiger partial charge in [-0.05, 0) is 36.8 Å². The standard InChI is InChI=1S/C24H20N4O3/c1-16-21(24(31)28(27-16)18-12-6-3-7-13-18)22(17-10-4-2-5-11-17)25-26-23(30)19-14-8-9-15-20(19)29/h2-15,21,29H,1H3,(H,26,30)/b25-22+. The highest BCUT2D eigenvalue weighted by atomic mass is 16.3. The van der Waals surface area contributed by atoms with Gasteiger partial charge in [-0.1, -0.05) is 60.7 Å². The maximum Gasteiger partial charge on any atom is 0.275 e. The molecule has 1 atom stereocenters. The van der Waals surface area contributed by atoms with E-state index in [4.69, 9.17) is 0 Å². The predicted molar refractivity (Wildman–Crippen MR) is 119 cm³/mol. The Kier molecular flexibility index (Phi) is 5.57. The maximum absolute atomic E-state index is 13.3. The summed E-state index contributed by atoms with van der Waals surface area (Å²) < 4.78 is 0. The minimum atomic E-state index is -0.757. The van der Waals surface area contributed by atoms with Crippen LogP contribution in [-0.2, 0) is 4.79 Å². The van der Waals surface area contributed by atoms with Crippen LogP contribution in [0.1, 0.15) is 22.8 Å². The molecule has 7 heteroatoms. The van der Waals surface area contributed by atoms with Crippen LogP contribution in [0, 0.1) is 5.92 Å². The number of benzene rings is 3. The molecule has 1 unspecified atom stereocenters. The van der Waals surface area contributed by atoms with Crippen LogP contribution in [0.4, 0.5) is 5.69 Å². The molecule has 7 nitrogen and oxygen atoms in total. The van der Waals surface area contributed by atoms with E-state index in [1.54, 1.807) is 31.2 Å². The Morgan fingerprint density at radius 3 is 2.26 bits per heavy atom. The molecular formula is C24H20N4O3. The average Bonchev–Trinajstić information content (AvgIpc) is 3.09. The third-order valence-corrected chi connectivity index (χ3v) is 4.90. The summed E-state index contributed by atoms with van der Waals surface area (Å²) in [5, 5.41) is 20.0. The van der Waals surface area contributed by atoms with Crippen LogP contribution < -0.4 is 10.4 Å². The third kappa shape index (κ3) is 4.06. The number of para-hydroxylation sites is 2. The second-order valence-corrected chi connectivity index (χ2v) is 6.98. The summed E-state index contributed by atoms with van der Waals surface area (Å²) in [7, 11) is 0. The Morgan fingerprint density at radius 1 is 0.968 bits per heavy atom. The SMILES string of the molecule is CC1=NN(c2ccccc2)C(=O)C1/C(=N/NC(=O)c1ccccc1O)c1ccccc1. The first kappa shape index (κ1) is 20.0. The molecule has 154 valence electrons. The summed E-state index contributed by atoms with van der Waals surface area (Å²) in [5.41, 5.74) is 4.83. The number of phenols is 1. The fraction of sp³-hybridized carbons (Fsp3) is 0.0833. The quantitative estimate of drug-likeness (QED) is 0.496. The minimum absolute atomic E-state index is 0.0905. The maximum atomic E-state index is 13.3. The van der Waals surface area contributed by atoms with Crippen molar-refractivity contribution in [2.45, 2.75) is 6.92 Å². The van der Waals surface area contributed by atoms with Crippen LogP contribution in [0.5, 0.6) is 5.75 Å². The number of carbonyl (C=O) groups is 2. The van der Waals surface area contributed by atoms with Crippen molar-refractivity contribution in [1.82, 2.24) is 5.43 Å². The van der Waals surface area contributed by atoms with Gasteiger partial charge in [0.25, 0.3) is 11.8 Å². The lowest BCUT2D eigenvalue weighted by Gasteiger charge is -2.16. The molecular weight excluding hydrogens is 392 g/mol. The summed E-state index contributed by atoms with van der Waals surface area (Å²) in [6.45, 7) is 1.76. The van der Waals surface area contributed by atoms with Crippen molar-refractivity contribution in [2.24, 2.45) is 16.1 Å². The van der Waals surface area contributed by atoms with Gasteiger partial charge in [0.05, 0.1) is 22.7 Å². The molecule has 3 aromatic carbocycles. The van der Waals surface area contributed by atoms with Crippen molar-refractivity contribution >= 4 is 28.9 Å². The highest BCUT2D eigenvalue weighted by Gasteiger charge is 2.38. The summed E-state index contributed by atoms with van der Waals surface area (Å²) in [6.07, 6.45) is 0. The van der Waals surface area contributed by atoms with E-state index in [1.165, 1.54) is 17.1 Å². The van der Waals surface area contributed by atoms with Crippen molar-refractivity contribution in [2.75, 3.05) is 5.01 Å². The first-order valence-electron chi connectivity index (χ1n) is 9.71. The van der Waals surface area contributed by atoms with E-state index >= 15 is 0 Å². The van der Waals surface area contributed by atoms with E-state index in [9.17, 15) is 14.7 Å². The molecule has 0 aliphatic carbocycles. The Bertz CT molecular complexity index is 1170. The van der Waals surface area contributed by atoms with Crippen LogP contribution in [-0.4, -0.2) is 28.3 Å². The number of amides is 2. The molecule has 0 radical (unpaired) electrons. The van der Waals surface area contributed by atoms with Crippen molar-refractivity contribution in [3.8, 4) is 5.75 Å². The number of anilines is 1. The number of rotatable bonds is 5. The summed E-state index contributed by atoms with van der Waals surface area (Å²) >= 11 is 0. The normalized spacial score (nSPS) is 16.2. The van der Waals surface area contributed by atoms with Crippen LogP contribution in [0.2, 0.25) is 0 Å². The minimum Gasteiger partial charge on any atom is -0.507 e. The molecule has 31 heavy (non-hydrogen) atoms. The number of hydrogen-bond donors (Lipinski definition) is 2. The number of phenolic OH excluding ortho intramolecular Hbond substituents is 1.